The molecule has 0 aromatic rings. The van der Waals surface area contributed by atoms with Gasteiger partial charge in [-0.1, -0.05) is 6.92 Å². The summed E-state index contributed by atoms with van der Waals surface area (Å²) in [6, 6.07) is -1.84. The molecule has 5 heterocycles. The SMILES string of the molecule is CC(=O)NC1[C@H](O[C@H]2C(CO)O[C@@H](O[C@@H]3C(CO)O[C@@H](N(C)OCCOCCNC(=O)CCCS)C(O)[C@H]3O)C(O)[C@H]2O[C@]2(C(=O)O)CC(O)[C@@H](C)[C@H]([C@H](O)[C@H](O)CO)O2)OC(CO)[C@H](O)[C@@H]1O[C@@H]1OC(CO)[C@H](O)[C@H](O)C1O. The number of hydrogen-bond donors (Lipinski definition) is 19. The summed E-state index contributed by atoms with van der Waals surface area (Å²) in [5, 5.41) is 180. The third-order valence-electron chi connectivity index (χ3n) is 14.1. The number of hydroxylamine groups is 2. The van der Waals surface area contributed by atoms with Gasteiger partial charge in [0.25, 0.3) is 5.79 Å². The van der Waals surface area contributed by atoms with Gasteiger partial charge in [-0.25, -0.2) is 4.79 Å². The first-order chi connectivity index (χ1) is 37.4. The number of rotatable bonds is 28. The van der Waals surface area contributed by atoms with Crippen LogP contribution >= 0.6 is 12.6 Å². The second-order valence-electron chi connectivity index (χ2n) is 19.6. The molecule has 0 aromatic heterocycles. The number of amides is 2. The summed E-state index contributed by atoms with van der Waals surface area (Å²) in [4.78, 5) is 43.7. The van der Waals surface area contributed by atoms with E-state index in [-0.39, 0.29) is 32.3 Å². The summed E-state index contributed by atoms with van der Waals surface area (Å²) in [5.74, 6) is -6.93. The van der Waals surface area contributed by atoms with Gasteiger partial charge in [-0.05, 0) is 12.2 Å². The minimum absolute atomic E-state index is 0.00640. The summed E-state index contributed by atoms with van der Waals surface area (Å²) < 4.78 is 58.8. The minimum atomic E-state index is -3.19. The Labute approximate surface area is 457 Å². The first kappa shape index (κ1) is 67.5. The smallest absolute Gasteiger partial charge is 0.364 e. The quantitative estimate of drug-likeness (QED) is 0.0196. The molecule has 5 aliphatic rings. The maximum absolute atomic E-state index is 13.5. The molecule has 26 atom stereocenters. The van der Waals surface area contributed by atoms with E-state index in [4.69, 9.17) is 52.2 Å². The number of carboxylic acids is 1. The van der Waals surface area contributed by atoms with Gasteiger partial charge >= 0.3 is 5.97 Å². The molecule has 9 unspecified atom stereocenters. The van der Waals surface area contributed by atoms with Crippen molar-refractivity contribution in [2.75, 3.05) is 72.2 Å². The molecule has 5 saturated heterocycles. The van der Waals surface area contributed by atoms with Crippen molar-refractivity contribution in [3.63, 3.8) is 0 Å². The van der Waals surface area contributed by atoms with Gasteiger partial charge in [-0.3, -0.25) is 14.4 Å². The maximum atomic E-state index is 13.5. The molecular weight excluding hydrogens is 1090 g/mol. The number of aliphatic carboxylic acids is 1. The number of carbonyl (C=O) groups excluding carboxylic acids is 2. The first-order valence-electron chi connectivity index (χ1n) is 25.5. The third kappa shape index (κ3) is 16.3. The van der Waals surface area contributed by atoms with Crippen molar-refractivity contribution < 1.29 is 148 Å². The number of thiol groups is 1. The standard InChI is InChI=1S/C45H79N3O30S/c1-17-19(55)11-45(44(66)67,77-35(17)27(58)20(56)12-49)78-39-34(65)43(74-36-23(15-52)70-40(32(63)31(36)62)48(3)69-9-8-68-7-6-46-25(57)5-4-10-79)73-24(16-53)37(39)75-41-26(47-18(2)54)38(29(60)22(14-51)71-41)76-42-33(64)30(61)28(59)21(13-50)72-42/h17,19-24,26-43,49-53,55-56,58-65,79H,4-16H2,1-3H3,(H,46,57)(H,47,54)(H,66,67)/t17-,19?,20-,21?,22?,23?,24?,26?,27-,28+,29+,30+,31-,32?,33?,34?,35-,36-,37+,38-,39-,40-,41+,42+,43+,45+/m1/s1. The molecule has 5 fully saturated rings. The van der Waals surface area contributed by atoms with Crippen molar-refractivity contribution in [1.29, 1.82) is 0 Å². The Balaban J connectivity index is 1.47. The van der Waals surface area contributed by atoms with E-state index in [0.717, 1.165) is 12.0 Å². The van der Waals surface area contributed by atoms with Crippen LogP contribution in [0.3, 0.4) is 0 Å². The minimum Gasteiger partial charge on any atom is -0.477 e. The molecule has 2 amide bonds. The second-order valence-corrected chi connectivity index (χ2v) is 20.1. The van der Waals surface area contributed by atoms with E-state index in [0.29, 0.717) is 18.6 Å². The monoisotopic (exact) mass is 1170 g/mol. The third-order valence-corrected chi connectivity index (χ3v) is 14.4. The molecule has 33 nitrogen and oxygen atoms in total. The highest BCUT2D eigenvalue weighted by Gasteiger charge is 2.61. The Bertz CT molecular complexity index is 1870. The van der Waals surface area contributed by atoms with Crippen LogP contribution in [-0.2, 0) is 66.6 Å². The molecule has 460 valence electrons. The Morgan fingerprint density at radius 3 is 1.89 bits per heavy atom. The Hall–Kier alpha value is -2.32. The summed E-state index contributed by atoms with van der Waals surface area (Å²) in [6.45, 7) is -2.69. The fourth-order valence-electron chi connectivity index (χ4n) is 9.62. The Morgan fingerprint density at radius 1 is 0.696 bits per heavy atom. The van der Waals surface area contributed by atoms with Gasteiger partial charge in [0.2, 0.25) is 11.8 Å². The number of carbonyl (C=O) groups is 3. The van der Waals surface area contributed by atoms with Crippen LogP contribution in [0.2, 0.25) is 0 Å². The summed E-state index contributed by atoms with van der Waals surface area (Å²) in [6.07, 6.45) is -45.2. The van der Waals surface area contributed by atoms with Crippen LogP contribution in [0.25, 0.3) is 0 Å². The van der Waals surface area contributed by atoms with E-state index >= 15 is 0 Å². The van der Waals surface area contributed by atoms with Crippen LogP contribution in [0.1, 0.15) is 33.1 Å². The highest BCUT2D eigenvalue weighted by molar-refractivity contribution is 7.80. The highest BCUT2D eigenvalue weighted by Crippen LogP contribution is 2.42. The topological polar surface area (TPSA) is 504 Å². The Kier molecular flexibility index (Phi) is 26.5. The van der Waals surface area contributed by atoms with Crippen molar-refractivity contribution in [2.24, 2.45) is 5.92 Å². The lowest BCUT2D eigenvalue weighted by Gasteiger charge is -2.52. The van der Waals surface area contributed by atoms with E-state index in [1.165, 1.54) is 14.0 Å². The van der Waals surface area contributed by atoms with Gasteiger partial charge in [0.1, 0.15) is 110 Å². The van der Waals surface area contributed by atoms with E-state index in [1.807, 2.05) is 0 Å². The van der Waals surface area contributed by atoms with E-state index < -0.39 is 210 Å². The molecule has 34 heteroatoms. The normalized spacial score (nSPS) is 41.8. The molecule has 0 saturated carbocycles. The lowest BCUT2D eigenvalue weighted by molar-refractivity contribution is -0.405. The number of nitrogens with zero attached hydrogens (tertiary/aromatic N) is 1. The maximum Gasteiger partial charge on any atom is 0.364 e. The van der Waals surface area contributed by atoms with Gasteiger partial charge in [-0.15, -0.1) is 0 Å². The predicted octanol–water partition coefficient (Wildman–Crippen LogP) is -10.6. The molecule has 5 aliphatic heterocycles. The number of carboxylic acid groups (broad SMARTS) is 1. The van der Waals surface area contributed by atoms with Gasteiger partial charge in [0.15, 0.2) is 25.1 Å². The second kappa shape index (κ2) is 31.0. The molecule has 0 radical (unpaired) electrons. The number of ether oxygens (including phenoxy) is 10. The molecule has 5 rings (SSSR count). The van der Waals surface area contributed by atoms with Crippen molar-refractivity contribution in [3.8, 4) is 0 Å². The number of aliphatic hydroxyl groups excluding tert-OH is 15. The molecule has 0 spiro atoms. The molecule has 0 bridgehead atoms. The average molecular weight is 1170 g/mol. The van der Waals surface area contributed by atoms with Crippen LogP contribution in [0.5, 0.6) is 0 Å². The number of hydrogen-bond acceptors (Lipinski definition) is 31. The van der Waals surface area contributed by atoms with Gasteiger partial charge in [0.05, 0.1) is 65.1 Å². The van der Waals surface area contributed by atoms with Gasteiger partial charge in [0, 0.05) is 39.3 Å². The van der Waals surface area contributed by atoms with E-state index in [1.54, 1.807) is 0 Å². The zero-order chi connectivity index (χ0) is 58.6. The van der Waals surface area contributed by atoms with Gasteiger partial charge in [-0.2, -0.15) is 17.7 Å². The number of aliphatic hydroxyl groups is 15. The van der Waals surface area contributed by atoms with Crippen molar-refractivity contribution in [2.45, 2.75) is 186 Å². The largest absolute Gasteiger partial charge is 0.477 e. The molecule has 18 N–H and O–H groups in total. The highest BCUT2D eigenvalue weighted by atomic mass is 32.1. The summed E-state index contributed by atoms with van der Waals surface area (Å²) in [5.41, 5.74) is 0. The summed E-state index contributed by atoms with van der Waals surface area (Å²) >= 11 is 4.07. The average Bonchev–Trinajstić information content (AvgIpc) is 3.45. The first-order valence-corrected chi connectivity index (χ1v) is 26.2. The fourth-order valence-corrected chi connectivity index (χ4v) is 9.78. The summed E-state index contributed by atoms with van der Waals surface area (Å²) in [7, 11) is 1.32. The predicted molar refractivity (Wildman–Crippen MR) is 257 cm³/mol. The molecule has 0 aromatic carbocycles. The number of nitrogens with one attached hydrogen (secondary N) is 2. The zero-order valence-corrected chi connectivity index (χ0v) is 44.3. The van der Waals surface area contributed by atoms with Crippen LogP contribution in [0, 0.1) is 5.92 Å². The lowest BCUT2D eigenvalue weighted by atomic mass is 9.84. The zero-order valence-electron chi connectivity index (χ0n) is 43.4. The van der Waals surface area contributed by atoms with Crippen LogP contribution < -0.4 is 10.6 Å². The molecule has 0 aliphatic carbocycles. The van der Waals surface area contributed by atoms with Crippen molar-refractivity contribution in [1.82, 2.24) is 15.7 Å². The van der Waals surface area contributed by atoms with E-state index in [9.17, 15) is 96.1 Å². The van der Waals surface area contributed by atoms with Crippen molar-refractivity contribution in [3.05, 3.63) is 0 Å². The molecule has 79 heavy (non-hydrogen) atoms. The molecular formula is C45H79N3O30S. The van der Waals surface area contributed by atoms with Crippen LogP contribution in [-0.4, -0.2) is 330 Å². The van der Waals surface area contributed by atoms with Crippen LogP contribution in [0.4, 0.5) is 0 Å². The van der Waals surface area contributed by atoms with Crippen LogP contribution in [0.15, 0.2) is 0 Å². The Morgan fingerprint density at radius 2 is 1.28 bits per heavy atom. The lowest BCUT2D eigenvalue weighted by Crippen LogP contribution is -2.71. The fraction of sp³-hybridized carbons (Fsp3) is 0.933. The van der Waals surface area contributed by atoms with Gasteiger partial charge < -0.3 is 140 Å². The van der Waals surface area contributed by atoms with Crippen molar-refractivity contribution >= 4 is 30.4 Å². The number of likely N-dealkylation sites (N-methyl/N-ethyl adjacent to an activating group) is 1. The van der Waals surface area contributed by atoms with E-state index in [2.05, 4.69) is 23.3 Å².